The molecule has 1 amide bonds. The molecule has 1 heterocycles. The molecule has 74 valence electrons. The van der Waals surface area contributed by atoms with Gasteiger partial charge in [0.15, 0.2) is 0 Å². The van der Waals surface area contributed by atoms with Gasteiger partial charge in [-0.25, -0.2) is 0 Å². The van der Waals surface area contributed by atoms with E-state index in [1.165, 1.54) is 0 Å². The van der Waals surface area contributed by atoms with Gasteiger partial charge in [0.1, 0.15) is 0 Å². The van der Waals surface area contributed by atoms with E-state index in [1.54, 1.807) is 6.20 Å². The van der Waals surface area contributed by atoms with Crippen molar-refractivity contribution in [1.29, 1.82) is 0 Å². The lowest BCUT2D eigenvalue weighted by Crippen LogP contribution is -2.50. The number of carbonyl (C=O) groups excluding carboxylic acids is 1. The van der Waals surface area contributed by atoms with Crippen molar-refractivity contribution < 1.29 is 4.79 Å². The molecule has 1 fully saturated rings. The minimum Gasteiger partial charge on any atom is -0.314 e. The zero-order valence-corrected chi connectivity index (χ0v) is 8.68. The molecule has 1 saturated heterocycles. The minimum atomic E-state index is 0.0666. The Morgan fingerprint density at radius 1 is 1.54 bits per heavy atom. The molecule has 2 heteroatoms. The summed E-state index contributed by atoms with van der Waals surface area (Å²) in [7, 11) is 0. The molecule has 0 unspecified atom stereocenters. The summed E-state index contributed by atoms with van der Waals surface area (Å²) in [6.07, 6.45) is 6.60. The third-order valence-electron chi connectivity index (χ3n) is 3.31. The smallest absolute Gasteiger partial charge is 0.227 e. The van der Waals surface area contributed by atoms with Crippen molar-refractivity contribution >= 4 is 5.91 Å². The molecule has 0 radical (unpaired) electrons. The van der Waals surface area contributed by atoms with Crippen molar-refractivity contribution in [3.8, 4) is 0 Å². The average molecular weight is 181 g/mol. The van der Waals surface area contributed by atoms with Crippen LogP contribution in [0.5, 0.6) is 0 Å². The van der Waals surface area contributed by atoms with Crippen LogP contribution in [0.4, 0.5) is 0 Å². The maximum absolute atomic E-state index is 11.6. The summed E-state index contributed by atoms with van der Waals surface area (Å²) < 4.78 is 0. The lowest BCUT2D eigenvalue weighted by atomic mass is 9.82. The summed E-state index contributed by atoms with van der Waals surface area (Å²) in [5.41, 5.74) is 0.0666. The molecule has 0 saturated carbocycles. The highest BCUT2D eigenvalue weighted by molar-refractivity contribution is 5.79. The fourth-order valence-electron chi connectivity index (χ4n) is 2.31. The fraction of sp³-hybridized carbons (Fsp3) is 0.727. The Kier molecular flexibility index (Phi) is 3.12. The Morgan fingerprint density at radius 3 is 2.54 bits per heavy atom. The van der Waals surface area contributed by atoms with Gasteiger partial charge in [0.05, 0.1) is 0 Å². The van der Waals surface area contributed by atoms with Crippen LogP contribution in [0.15, 0.2) is 12.8 Å². The van der Waals surface area contributed by atoms with Crippen LogP contribution in [0.25, 0.3) is 0 Å². The molecule has 0 atom stereocenters. The molecule has 1 aliphatic heterocycles. The molecule has 1 rings (SSSR count). The zero-order chi connectivity index (χ0) is 9.90. The highest BCUT2D eigenvalue weighted by atomic mass is 16.2. The second-order valence-corrected chi connectivity index (χ2v) is 3.73. The Hall–Kier alpha value is -0.790. The summed E-state index contributed by atoms with van der Waals surface area (Å²) in [5.74, 6) is 0.241. The van der Waals surface area contributed by atoms with Gasteiger partial charge in [-0.2, -0.15) is 0 Å². The molecule has 0 aromatic heterocycles. The first kappa shape index (κ1) is 10.3. The average Bonchev–Trinajstić information content (AvgIpc) is 2.17. The first-order chi connectivity index (χ1) is 6.20. The minimum absolute atomic E-state index is 0.0666. The summed E-state index contributed by atoms with van der Waals surface area (Å²) in [6, 6.07) is 0. The number of piperidine rings is 1. The number of rotatable bonds is 3. The third kappa shape index (κ3) is 1.62. The van der Waals surface area contributed by atoms with Crippen LogP contribution in [0.3, 0.4) is 0 Å². The normalized spacial score (nSPS) is 21.7. The van der Waals surface area contributed by atoms with Crippen LogP contribution in [0.1, 0.15) is 46.0 Å². The van der Waals surface area contributed by atoms with E-state index in [9.17, 15) is 4.79 Å². The highest BCUT2D eigenvalue weighted by Crippen LogP contribution is 2.34. The van der Waals surface area contributed by atoms with Crippen LogP contribution in [-0.2, 0) is 4.79 Å². The van der Waals surface area contributed by atoms with Crippen molar-refractivity contribution in [3.05, 3.63) is 12.8 Å². The van der Waals surface area contributed by atoms with E-state index in [2.05, 4.69) is 20.4 Å². The van der Waals surface area contributed by atoms with E-state index in [-0.39, 0.29) is 11.4 Å². The van der Waals surface area contributed by atoms with E-state index in [4.69, 9.17) is 0 Å². The van der Waals surface area contributed by atoms with Gasteiger partial charge in [-0.15, -0.1) is 0 Å². The molecular formula is C11H19NO. The summed E-state index contributed by atoms with van der Waals surface area (Å²) in [4.78, 5) is 13.5. The standard InChI is InChI=1S/C11H19NO/c1-4-11(5-2)9-7-8-10(13)12(11)6-3/h6H,3-5,7-9H2,1-2H3. The summed E-state index contributed by atoms with van der Waals surface area (Å²) >= 11 is 0. The molecule has 1 aliphatic rings. The summed E-state index contributed by atoms with van der Waals surface area (Å²) in [5, 5.41) is 0. The van der Waals surface area contributed by atoms with E-state index in [0.717, 1.165) is 25.7 Å². The number of hydrogen-bond donors (Lipinski definition) is 0. The van der Waals surface area contributed by atoms with Crippen LogP contribution in [-0.4, -0.2) is 16.3 Å². The van der Waals surface area contributed by atoms with Crippen LogP contribution >= 0.6 is 0 Å². The molecule has 0 spiro atoms. The second-order valence-electron chi connectivity index (χ2n) is 3.73. The fourth-order valence-corrected chi connectivity index (χ4v) is 2.31. The Bertz CT molecular complexity index is 206. The molecule has 0 N–H and O–H groups in total. The lowest BCUT2D eigenvalue weighted by Gasteiger charge is -2.44. The third-order valence-corrected chi connectivity index (χ3v) is 3.31. The Balaban J connectivity index is 2.90. The van der Waals surface area contributed by atoms with Crippen molar-refractivity contribution in [2.45, 2.75) is 51.5 Å². The van der Waals surface area contributed by atoms with E-state index < -0.39 is 0 Å². The molecule has 0 aromatic rings. The van der Waals surface area contributed by atoms with Crippen LogP contribution < -0.4 is 0 Å². The van der Waals surface area contributed by atoms with Gasteiger partial charge in [-0.1, -0.05) is 20.4 Å². The molecular weight excluding hydrogens is 162 g/mol. The number of amides is 1. The van der Waals surface area contributed by atoms with Crippen LogP contribution in [0, 0.1) is 0 Å². The SMILES string of the molecule is C=CN1C(=O)CCCC1(CC)CC. The van der Waals surface area contributed by atoms with Crippen molar-refractivity contribution in [2.24, 2.45) is 0 Å². The number of carbonyl (C=O) groups is 1. The maximum atomic E-state index is 11.6. The zero-order valence-electron chi connectivity index (χ0n) is 8.68. The Labute approximate surface area is 80.6 Å². The molecule has 0 bridgehead atoms. The van der Waals surface area contributed by atoms with Gasteiger partial charge in [0.25, 0.3) is 0 Å². The summed E-state index contributed by atoms with van der Waals surface area (Å²) in [6.45, 7) is 8.03. The molecule has 0 aromatic carbocycles. The van der Waals surface area contributed by atoms with Gasteiger partial charge in [-0.3, -0.25) is 4.79 Å². The van der Waals surface area contributed by atoms with Gasteiger partial charge >= 0.3 is 0 Å². The predicted octanol–water partition coefficient (Wildman–Crippen LogP) is 2.70. The van der Waals surface area contributed by atoms with Crippen molar-refractivity contribution in [1.82, 2.24) is 4.90 Å². The quantitative estimate of drug-likeness (QED) is 0.655. The lowest BCUT2D eigenvalue weighted by molar-refractivity contribution is -0.137. The predicted molar refractivity (Wildman–Crippen MR) is 54.2 cm³/mol. The first-order valence-corrected chi connectivity index (χ1v) is 5.15. The molecule has 0 aliphatic carbocycles. The van der Waals surface area contributed by atoms with Crippen molar-refractivity contribution in [2.75, 3.05) is 0 Å². The van der Waals surface area contributed by atoms with Gasteiger partial charge < -0.3 is 4.90 Å². The number of hydrogen-bond acceptors (Lipinski definition) is 1. The van der Waals surface area contributed by atoms with E-state index in [1.807, 2.05) is 4.90 Å². The number of likely N-dealkylation sites (tertiary alicyclic amines) is 1. The van der Waals surface area contributed by atoms with E-state index in [0.29, 0.717) is 6.42 Å². The van der Waals surface area contributed by atoms with Crippen molar-refractivity contribution in [3.63, 3.8) is 0 Å². The second kappa shape index (κ2) is 3.95. The largest absolute Gasteiger partial charge is 0.314 e. The van der Waals surface area contributed by atoms with Gasteiger partial charge in [0, 0.05) is 18.2 Å². The Morgan fingerprint density at radius 2 is 2.15 bits per heavy atom. The maximum Gasteiger partial charge on any atom is 0.227 e. The highest BCUT2D eigenvalue weighted by Gasteiger charge is 2.37. The van der Waals surface area contributed by atoms with Gasteiger partial charge in [-0.05, 0) is 25.7 Å². The van der Waals surface area contributed by atoms with Crippen LogP contribution in [0.2, 0.25) is 0 Å². The monoisotopic (exact) mass is 181 g/mol. The van der Waals surface area contributed by atoms with E-state index >= 15 is 0 Å². The first-order valence-electron chi connectivity index (χ1n) is 5.15. The molecule has 13 heavy (non-hydrogen) atoms. The van der Waals surface area contributed by atoms with Gasteiger partial charge in [0.2, 0.25) is 5.91 Å². The number of nitrogens with zero attached hydrogens (tertiary/aromatic N) is 1. The molecule has 2 nitrogen and oxygen atoms in total. The topological polar surface area (TPSA) is 20.3 Å².